The molecule has 3 rings (SSSR count). The summed E-state index contributed by atoms with van der Waals surface area (Å²) in [6.45, 7) is 3.23. The zero-order valence-electron chi connectivity index (χ0n) is 10.6. The molecule has 98 valence electrons. The lowest BCUT2D eigenvalue weighted by Gasteiger charge is -2.09. The van der Waals surface area contributed by atoms with E-state index in [2.05, 4.69) is 9.97 Å². The molecule has 2 heterocycles. The Labute approximate surface area is 111 Å². The Balaban J connectivity index is 1.70. The minimum Gasteiger partial charge on any atom is -0.424 e. The largest absolute Gasteiger partial charge is 0.424 e. The van der Waals surface area contributed by atoms with Gasteiger partial charge < -0.3 is 14.2 Å². The van der Waals surface area contributed by atoms with Crippen molar-refractivity contribution in [3.63, 3.8) is 0 Å². The molecule has 19 heavy (non-hydrogen) atoms. The molecule has 5 heteroatoms. The summed E-state index contributed by atoms with van der Waals surface area (Å²) < 4.78 is 16.3. The second-order valence-electron chi connectivity index (χ2n) is 4.29. The van der Waals surface area contributed by atoms with Crippen LogP contribution in [0.4, 0.5) is 0 Å². The molecule has 1 saturated heterocycles. The lowest BCUT2D eigenvalue weighted by molar-refractivity contribution is -0.0446. The van der Waals surface area contributed by atoms with Crippen LogP contribution in [0.25, 0.3) is 0 Å². The predicted octanol–water partition coefficient (Wildman–Crippen LogP) is 2.62. The Morgan fingerprint density at radius 1 is 1.05 bits per heavy atom. The summed E-state index contributed by atoms with van der Waals surface area (Å²) in [5.41, 5.74) is 1.98. The molecule has 0 N–H and O–H groups in total. The fraction of sp³-hybridized carbons (Fsp3) is 0.286. The van der Waals surface area contributed by atoms with E-state index in [1.807, 2.05) is 31.2 Å². The third-order valence-corrected chi connectivity index (χ3v) is 2.77. The number of rotatable bonds is 3. The number of ether oxygens (including phenoxy) is 3. The fourth-order valence-electron chi connectivity index (χ4n) is 1.76. The van der Waals surface area contributed by atoms with Gasteiger partial charge in [0, 0.05) is 18.0 Å². The van der Waals surface area contributed by atoms with Gasteiger partial charge in [-0.25, -0.2) is 9.97 Å². The van der Waals surface area contributed by atoms with Crippen LogP contribution in [0, 0.1) is 6.92 Å². The van der Waals surface area contributed by atoms with Crippen LogP contribution in [-0.4, -0.2) is 23.2 Å². The molecular weight excluding hydrogens is 244 g/mol. The van der Waals surface area contributed by atoms with Gasteiger partial charge in [0.1, 0.15) is 5.75 Å². The van der Waals surface area contributed by atoms with Gasteiger partial charge in [0.15, 0.2) is 6.29 Å². The second-order valence-corrected chi connectivity index (χ2v) is 4.29. The van der Waals surface area contributed by atoms with E-state index >= 15 is 0 Å². The zero-order chi connectivity index (χ0) is 13.1. The Morgan fingerprint density at radius 2 is 1.68 bits per heavy atom. The minimum atomic E-state index is -0.353. The van der Waals surface area contributed by atoms with Crippen LogP contribution in [0.5, 0.6) is 11.8 Å². The number of nitrogens with zero attached hydrogens (tertiary/aromatic N) is 2. The molecular formula is C14H14N2O3. The lowest BCUT2D eigenvalue weighted by atomic mass is 10.2. The third kappa shape index (κ3) is 2.89. The normalized spacial score (nSPS) is 15.6. The van der Waals surface area contributed by atoms with Crippen molar-refractivity contribution in [2.75, 3.05) is 13.2 Å². The smallest absolute Gasteiger partial charge is 0.321 e. The average molecular weight is 258 g/mol. The van der Waals surface area contributed by atoms with Crippen LogP contribution in [-0.2, 0) is 9.47 Å². The molecule has 0 unspecified atom stereocenters. The Kier molecular flexibility index (Phi) is 3.39. The first kappa shape index (κ1) is 12.1. The lowest BCUT2D eigenvalue weighted by Crippen LogP contribution is -2.00. The quantitative estimate of drug-likeness (QED) is 0.847. The van der Waals surface area contributed by atoms with E-state index in [-0.39, 0.29) is 6.29 Å². The SMILES string of the molecule is Cc1ccc(Oc2ncc(C3OCCO3)cn2)cc1. The highest BCUT2D eigenvalue weighted by Gasteiger charge is 2.19. The van der Waals surface area contributed by atoms with Gasteiger partial charge in [-0.05, 0) is 19.1 Å². The summed E-state index contributed by atoms with van der Waals surface area (Å²) in [5, 5.41) is 0. The van der Waals surface area contributed by atoms with E-state index in [1.165, 1.54) is 5.56 Å². The molecule has 0 radical (unpaired) electrons. The molecule has 0 saturated carbocycles. The summed E-state index contributed by atoms with van der Waals surface area (Å²) >= 11 is 0. The molecule has 1 fully saturated rings. The van der Waals surface area contributed by atoms with Gasteiger partial charge in [-0.2, -0.15) is 0 Å². The van der Waals surface area contributed by atoms with Gasteiger partial charge in [0.25, 0.3) is 0 Å². The summed E-state index contributed by atoms with van der Waals surface area (Å²) in [4.78, 5) is 8.30. The van der Waals surface area contributed by atoms with Gasteiger partial charge in [-0.15, -0.1) is 0 Å². The minimum absolute atomic E-state index is 0.311. The van der Waals surface area contributed by atoms with Crippen molar-refractivity contribution in [1.82, 2.24) is 9.97 Å². The van der Waals surface area contributed by atoms with Crippen molar-refractivity contribution < 1.29 is 14.2 Å². The first-order chi connectivity index (χ1) is 9.31. The van der Waals surface area contributed by atoms with Gasteiger partial charge in [-0.1, -0.05) is 17.7 Å². The highest BCUT2D eigenvalue weighted by Crippen LogP contribution is 2.23. The van der Waals surface area contributed by atoms with Crippen LogP contribution < -0.4 is 4.74 Å². The number of benzene rings is 1. The first-order valence-electron chi connectivity index (χ1n) is 6.11. The highest BCUT2D eigenvalue weighted by molar-refractivity contribution is 5.28. The van der Waals surface area contributed by atoms with Crippen LogP contribution in [0.3, 0.4) is 0 Å². The van der Waals surface area contributed by atoms with Crippen molar-refractivity contribution >= 4 is 0 Å². The van der Waals surface area contributed by atoms with Crippen LogP contribution in [0.1, 0.15) is 17.4 Å². The molecule has 1 aromatic heterocycles. The van der Waals surface area contributed by atoms with E-state index < -0.39 is 0 Å². The topological polar surface area (TPSA) is 53.5 Å². The standard InChI is InChI=1S/C14H14N2O3/c1-10-2-4-12(5-3-10)19-14-15-8-11(9-16-14)13-17-6-7-18-13/h2-5,8-9,13H,6-7H2,1H3. The van der Waals surface area contributed by atoms with Gasteiger partial charge in [0.2, 0.25) is 0 Å². The zero-order valence-corrected chi connectivity index (χ0v) is 10.6. The predicted molar refractivity (Wildman–Crippen MR) is 67.9 cm³/mol. The number of aryl methyl sites for hydroxylation is 1. The van der Waals surface area contributed by atoms with Gasteiger partial charge >= 0.3 is 6.01 Å². The Hall–Kier alpha value is -1.98. The molecule has 0 amide bonds. The molecule has 0 spiro atoms. The van der Waals surface area contributed by atoms with Crippen LogP contribution in [0.15, 0.2) is 36.7 Å². The van der Waals surface area contributed by atoms with Crippen LogP contribution >= 0.6 is 0 Å². The fourth-order valence-corrected chi connectivity index (χ4v) is 1.76. The third-order valence-electron chi connectivity index (χ3n) is 2.77. The monoisotopic (exact) mass is 258 g/mol. The summed E-state index contributed by atoms with van der Waals surface area (Å²) in [5.74, 6) is 0.715. The maximum Gasteiger partial charge on any atom is 0.321 e. The van der Waals surface area contributed by atoms with E-state index in [1.54, 1.807) is 12.4 Å². The average Bonchev–Trinajstić information content (AvgIpc) is 2.96. The van der Waals surface area contributed by atoms with E-state index in [4.69, 9.17) is 14.2 Å². The first-order valence-corrected chi connectivity index (χ1v) is 6.11. The molecule has 2 aromatic rings. The van der Waals surface area contributed by atoms with Gasteiger partial charge in [-0.3, -0.25) is 0 Å². The molecule has 5 nitrogen and oxygen atoms in total. The van der Waals surface area contributed by atoms with Crippen molar-refractivity contribution in [2.24, 2.45) is 0 Å². The molecule has 0 bridgehead atoms. The maximum absolute atomic E-state index is 5.55. The van der Waals surface area contributed by atoms with Gasteiger partial charge in [0.05, 0.1) is 13.2 Å². The molecule has 1 aliphatic rings. The summed E-state index contributed by atoms with van der Waals surface area (Å²) in [6, 6.07) is 8.03. The number of aromatic nitrogens is 2. The molecule has 0 aliphatic carbocycles. The van der Waals surface area contributed by atoms with E-state index in [0.717, 1.165) is 5.56 Å². The Bertz CT molecular complexity index is 534. The summed E-state index contributed by atoms with van der Waals surface area (Å²) in [7, 11) is 0. The molecule has 1 aromatic carbocycles. The maximum atomic E-state index is 5.55. The summed E-state index contributed by atoms with van der Waals surface area (Å²) in [6.07, 6.45) is 2.97. The number of hydrogen-bond acceptors (Lipinski definition) is 5. The molecule has 0 atom stereocenters. The van der Waals surface area contributed by atoms with E-state index in [9.17, 15) is 0 Å². The van der Waals surface area contributed by atoms with E-state index in [0.29, 0.717) is 25.0 Å². The van der Waals surface area contributed by atoms with Crippen LogP contribution in [0.2, 0.25) is 0 Å². The van der Waals surface area contributed by atoms with Crippen molar-refractivity contribution in [1.29, 1.82) is 0 Å². The van der Waals surface area contributed by atoms with Crippen molar-refractivity contribution in [3.8, 4) is 11.8 Å². The van der Waals surface area contributed by atoms with Crippen molar-refractivity contribution in [3.05, 3.63) is 47.8 Å². The van der Waals surface area contributed by atoms with Crippen molar-refractivity contribution in [2.45, 2.75) is 13.2 Å². The highest BCUT2D eigenvalue weighted by atomic mass is 16.7. The number of hydrogen-bond donors (Lipinski definition) is 0. The molecule has 1 aliphatic heterocycles. The second kappa shape index (κ2) is 5.34. The Morgan fingerprint density at radius 3 is 2.32 bits per heavy atom.